The molecule has 0 aliphatic carbocycles. The van der Waals surface area contributed by atoms with Crippen LogP contribution in [0.3, 0.4) is 0 Å². The van der Waals surface area contributed by atoms with E-state index in [-0.39, 0.29) is 17.1 Å². The zero-order valence-corrected chi connectivity index (χ0v) is 7.37. The van der Waals surface area contributed by atoms with Gasteiger partial charge in [-0.3, -0.25) is 0 Å². The Kier molecular flexibility index (Phi) is 2.03. The average molecular weight is 212 g/mol. The highest BCUT2D eigenvalue weighted by molar-refractivity contribution is 5.67. The lowest BCUT2D eigenvalue weighted by Gasteiger charge is -2.02. The fraction of sp³-hybridized carbons (Fsp3) is 0. The van der Waals surface area contributed by atoms with Crippen LogP contribution in [0, 0.1) is 11.6 Å². The second kappa shape index (κ2) is 3.23. The molecule has 1 aromatic heterocycles. The highest BCUT2D eigenvalue weighted by Gasteiger charge is 2.18. The number of halogens is 2. The van der Waals surface area contributed by atoms with Crippen molar-refractivity contribution in [1.82, 2.24) is 5.16 Å². The summed E-state index contributed by atoms with van der Waals surface area (Å²) in [5, 5.41) is 12.6. The SMILES string of the molecule is Nc1cc(-c2c(F)ccc(F)c2O)on1. The molecule has 2 aromatic rings. The number of anilines is 1. The molecule has 0 saturated carbocycles. The van der Waals surface area contributed by atoms with Gasteiger partial charge in [0.05, 0.1) is 0 Å². The Bertz CT molecular complexity index is 511. The van der Waals surface area contributed by atoms with Crippen LogP contribution < -0.4 is 5.73 Å². The molecule has 2 rings (SSSR count). The second-order valence-corrected chi connectivity index (χ2v) is 2.87. The van der Waals surface area contributed by atoms with Gasteiger partial charge in [0.1, 0.15) is 11.4 Å². The fourth-order valence-corrected chi connectivity index (χ4v) is 1.18. The number of hydrogen-bond donors (Lipinski definition) is 2. The molecule has 0 fully saturated rings. The van der Waals surface area contributed by atoms with Crippen LogP contribution in [0.4, 0.5) is 14.6 Å². The molecule has 1 aromatic carbocycles. The van der Waals surface area contributed by atoms with E-state index >= 15 is 0 Å². The number of benzene rings is 1. The molecule has 0 spiro atoms. The van der Waals surface area contributed by atoms with Gasteiger partial charge in [0.15, 0.2) is 23.1 Å². The number of hydrogen-bond acceptors (Lipinski definition) is 4. The molecule has 3 N–H and O–H groups in total. The predicted octanol–water partition coefficient (Wildman–Crippen LogP) is 1.91. The van der Waals surface area contributed by atoms with Crippen molar-refractivity contribution in [1.29, 1.82) is 0 Å². The zero-order valence-electron chi connectivity index (χ0n) is 7.37. The van der Waals surface area contributed by atoms with Crippen molar-refractivity contribution < 1.29 is 18.4 Å². The highest BCUT2D eigenvalue weighted by Crippen LogP contribution is 2.34. The van der Waals surface area contributed by atoms with E-state index in [9.17, 15) is 13.9 Å². The van der Waals surface area contributed by atoms with Crippen molar-refractivity contribution in [2.75, 3.05) is 5.73 Å². The predicted molar refractivity (Wildman–Crippen MR) is 47.9 cm³/mol. The fourth-order valence-electron chi connectivity index (χ4n) is 1.18. The van der Waals surface area contributed by atoms with Gasteiger partial charge in [-0.05, 0) is 12.1 Å². The molecular formula is C9H6F2N2O2. The lowest BCUT2D eigenvalue weighted by Crippen LogP contribution is -1.87. The molecule has 0 aliphatic rings. The first-order valence-electron chi connectivity index (χ1n) is 3.99. The molecule has 0 saturated heterocycles. The monoisotopic (exact) mass is 212 g/mol. The minimum Gasteiger partial charge on any atom is -0.504 e. The summed E-state index contributed by atoms with van der Waals surface area (Å²) in [6.45, 7) is 0. The maximum absolute atomic E-state index is 13.3. The van der Waals surface area contributed by atoms with Gasteiger partial charge in [-0.1, -0.05) is 5.16 Å². The Morgan fingerprint density at radius 1 is 1.27 bits per heavy atom. The molecule has 78 valence electrons. The van der Waals surface area contributed by atoms with Gasteiger partial charge < -0.3 is 15.4 Å². The summed E-state index contributed by atoms with van der Waals surface area (Å²) in [6.07, 6.45) is 0. The van der Waals surface area contributed by atoms with Gasteiger partial charge in [0, 0.05) is 6.07 Å². The number of rotatable bonds is 1. The smallest absolute Gasteiger partial charge is 0.175 e. The van der Waals surface area contributed by atoms with Gasteiger partial charge in [-0.25, -0.2) is 8.78 Å². The van der Waals surface area contributed by atoms with E-state index in [2.05, 4.69) is 9.68 Å². The second-order valence-electron chi connectivity index (χ2n) is 2.87. The average Bonchev–Trinajstić information content (AvgIpc) is 2.59. The minimum absolute atomic E-state index is 0.0214. The maximum atomic E-state index is 13.3. The topological polar surface area (TPSA) is 72.3 Å². The molecule has 0 aliphatic heterocycles. The van der Waals surface area contributed by atoms with E-state index in [1.807, 2.05) is 0 Å². The Morgan fingerprint density at radius 3 is 2.53 bits per heavy atom. The summed E-state index contributed by atoms with van der Waals surface area (Å²) >= 11 is 0. The summed E-state index contributed by atoms with van der Waals surface area (Å²) in [4.78, 5) is 0. The summed E-state index contributed by atoms with van der Waals surface area (Å²) in [7, 11) is 0. The summed E-state index contributed by atoms with van der Waals surface area (Å²) in [6, 6.07) is 2.88. The van der Waals surface area contributed by atoms with Crippen LogP contribution in [0.25, 0.3) is 11.3 Å². The maximum Gasteiger partial charge on any atom is 0.175 e. The van der Waals surface area contributed by atoms with E-state index in [1.54, 1.807) is 0 Å². The van der Waals surface area contributed by atoms with Crippen LogP contribution in [-0.4, -0.2) is 10.3 Å². The lowest BCUT2D eigenvalue weighted by atomic mass is 10.1. The first kappa shape index (κ1) is 9.45. The summed E-state index contributed by atoms with van der Waals surface area (Å²) in [5.41, 5.74) is 4.86. The molecular weight excluding hydrogens is 206 g/mol. The van der Waals surface area contributed by atoms with E-state index in [4.69, 9.17) is 5.73 Å². The number of phenolic OH excluding ortho intramolecular Hbond substituents is 1. The molecule has 15 heavy (non-hydrogen) atoms. The quantitative estimate of drug-likeness (QED) is 0.757. The molecule has 0 unspecified atom stereocenters. The van der Waals surface area contributed by atoms with Gasteiger partial charge >= 0.3 is 0 Å². The van der Waals surface area contributed by atoms with Crippen molar-refractivity contribution >= 4 is 5.82 Å². The number of aromatic nitrogens is 1. The van der Waals surface area contributed by atoms with Crippen molar-refractivity contribution in [2.45, 2.75) is 0 Å². The third-order valence-electron chi connectivity index (χ3n) is 1.85. The molecule has 0 radical (unpaired) electrons. The zero-order chi connectivity index (χ0) is 11.0. The number of nitrogens with zero attached hydrogens (tertiary/aromatic N) is 1. The van der Waals surface area contributed by atoms with Crippen molar-refractivity contribution in [3.8, 4) is 17.1 Å². The molecule has 0 atom stereocenters. The Labute approximate surface area is 82.9 Å². The van der Waals surface area contributed by atoms with Crippen LogP contribution in [0.1, 0.15) is 0 Å². The molecule has 6 heteroatoms. The standard InChI is InChI=1S/C9H6F2N2O2/c10-4-1-2-5(11)9(14)8(4)6-3-7(12)13-15-6/h1-3,14H,(H2,12,13). The number of nitrogens with two attached hydrogens (primary N) is 1. The Hall–Kier alpha value is -2.11. The number of phenols is 1. The minimum atomic E-state index is -0.943. The van der Waals surface area contributed by atoms with Gasteiger partial charge in [0.25, 0.3) is 0 Å². The first-order valence-corrected chi connectivity index (χ1v) is 3.99. The molecule has 1 heterocycles. The first-order chi connectivity index (χ1) is 7.09. The summed E-state index contributed by atoms with van der Waals surface area (Å²) < 4.78 is 30.8. The van der Waals surface area contributed by atoms with Crippen molar-refractivity contribution in [3.05, 3.63) is 29.8 Å². The lowest BCUT2D eigenvalue weighted by molar-refractivity contribution is 0.410. The van der Waals surface area contributed by atoms with E-state index < -0.39 is 17.4 Å². The van der Waals surface area contributed by atoms with Gasteiger partial charge in [0.2, 0.25) is 0 Å². The van der Waals surface area contributed by atoms with Crippen molar-refractivity contribution in [3.63, 3.8) is 0 Å². The van der Waals surface area contributed by atoms with Crippen LogP contribution in [0.5, 0.6) is 5.75 Å². The van der Waals surface area contributed by atoms with E-state index in [0.717, 1.165) is 12.1 Å². The van der Waals surface area contributed by atoms with Crippen LogP contribution in [-0.2, 0) is 0 Å². The van der Waals surface area contributed by atoms with Crippen molar-refractivity contribution in [2.24, 2.45) is 0 Å². The molecule has 4 nitrogen and oxygen atoms in total. The number of aromatic hydroxyl groups is 1. The highest BCUT2D eigenvalue weighted by atomic mass is 19.1. The van der Waals surface area contributed by atoms with Crippen LogP contribution in [0.15, 0.2) is 22.7 Å². The third-order valence-corrected chi connectivity index (χ3v) is 1.85. The van der Waals surface area contributed by atoms with Gasteiger partial charge in [-0.15, -0.1) is 0 Å². The van der Waals surface area contributed by atoms with E-state index in [1.165, 1.54) is 6.07 Å². The third kappa shape index (κ3) is 1.50. The Balaban J connectivity index is 2.66. The molecule has 0 bridgehead atoms. The van der Waals surface area contributed by atoms with Crippen LogP contribution >= 0.6 is 0 Å². The Morgan fingerprint density at radius 2 is 1.93 bits per heavy atom. The number of nitrogen functional groups attached to an aromatic ring is 1. The molecule has 0 amide bonds. The summed E-state index contributed by atoms with van der Waals surface area (Å²) in [5.74, 6) is -2.69. The van der Waals surface area contributed by atoms with Gasteiger partial charge in [-0.2, -0.15) is 0 Å². The van der Waals surface area contributed by atoms with E-state index in [0.29, 0.717) is 0 Å². The van der Waals surface area contributed by atoms with Crippen LogP contribution in [0.2, 0.25) is 0 Å². The largest absolute Gasteiger partial charge is 0.504 e. The normalized spacial score (nSPS) is 10.5.